The van der Waals surface area contributed by atoms with Crippen LogP contribution in [0.1, 0.15) is 42.0 Å². The maximum atomic E-state index is 11.4. The first-order chi connectivity index (χ1) is 17.6. The third-order valence-corrected chi connectivity index (χ3v) is 6.90. The van der Waals surface area contributed by atoms with E-state index in [0.717, 1.165) is 18.7 Å². The van der Waals surface area contributed by atoms with Crippen molar-refractivity contribution in [2.45, 2.75) is 31.4 Å². The molecule has 0 fully saturated rings. The summed E-state index contributed by atoms with van der Waals surface area (Å²) in [5.41, 5.74) is 3.69. The van der Waals surface area contributed by atoms with Crippen molar-refractivity contribution in [3.8, 4) is 11.5 Å². The molecule has 1 heterocycles. The summed E-state index contributed by atoms with van der Waals surface area (Å²) < 4.78 is 16.6. The highest BCUT2D eigenvalue weighted by atomic mass is 16.6. The van der Waals surface area contributed by atoms with Crippen LogP contribution in [-0.4, -0.2) is 32.3 Å². The van der Waals surface area contributed by atoms with E-state index in [1.807, 2.05) is 18.2 Å². The summed E-state index contributed by atoms with van der Waals surface area (Å²) in [6.07, 6.45) is 0.909. The largest absolute Gasteiger partial charge is 0.489 e. The number of para-hydroxylation sites is 1. The number of carbonyl (C=O) groups is 1. The van der Waals surface area contributed by atoms with Crippen molar-refractivity contribution in [3.05, 3.63) is 108 Å². The van der Waals surface area contributed by atoms with E-state index in [9.17, 15) is 4.79 Å². The van der Waals surface area contributed by atoms with Gasteiger partial charge in [0.1, 0.15) is 17.6 Å². The van der Waals surface area contributed by atoms with E-state index in [4.69, 9.17) is 9.47 Å². The van der Waals surface area contributed by atoms with Gasteiger partial charge in [-0.2, -0.15) is 0 Å². The third kappa shape index (κ3) is 5.21. The van der Waals surface area contributed by atoms with E-state index in [1.54, 1.807) is 0 Å². The van der Waals surface area contributed by atoms with E-state index >= 15 is 0 Å². The molecule has 184 valence electrons. The van der Waals surface area contributed by atoms with Gasteiger partial charge in [-0.05, 0) is 53.4 Å². The molecule has 5 heteroatoms. The van der Waals surface area contributed by atoms with Crippen LogP contribution in [-0.2, 0) is 9.53 Å². The average molecular weight is 482 g/mol. The molecule has 3 atom stereocenters. The Kier molecular flexibility index (Phi) is 7.19. The molecule has 0 spiro atoms. The van der Waals surface area contributed by atoms with E-state index in [-0.39, 0.29) is 24.7 Å². The van der Waals surface area contributed by atoms with Gasteiger partial charge in [-0.3, -0.25) is 0 Å². The monoisotopic (exact) mass is 481 g/mol. The molecule has 0 amide bonds. The Labute approximate surface area is 212 Å². The van der Waals surface area contributed by atoms with Crippen molar-refractivity contribution in [2.24, 2.45) is 0 Å². The fourth-order valence-electron chi connectivity index (χ4n) is 4.98. The number of nitrogens with one attached hydrogen (secondary N) is 1. The second kappa shape index (κ2) is 10.8. The predicted molar refractivity (Wildman–Crippen MR) is 142 cm³/mol. The molecule has 0 unspecified atom stereocenters. The number of carbonyl (C=O) groups excluding carboxylic acids is 1. The molecule has 5 rings (SSSR count). The first-order valence-corrected chi connectivity index (χ1v) is 12.4. The summed E-state index contributed by atoms with van der Waals surface area (Å²) in [6, 6.07) is 31.4. The quantitative estimate of drug-likeness (QED) is 0.312. The van der Waals surface area contributed by atoms with Gasteiger partial charge in [-0.1, -0.05) is 72.8 Å². The minimum absolute atomic E-state index is 0.0394. The summed E-state index contributed by atoms with van der Waals surface area (Å²) in [7, 11) is 1.35. The minimum atomic E-state index is -0.398. The molecule has 0 aliphatic carbocycles. The Morgan fingerprint density at radius 2 is 1.72 bits per heavy atom. The maximum absolute atomic E-state index is 11.4. The first-order valence-electron chi connectivity index (χ1n) is 12.4. The Bertz CT molecular complexity index is 1330. The van der Waals surface area contributed by atoms with Gasteiger partial charge in [0.2, 0.25) is 0 Å². The van der Waals surface area contributed by atoms with Gasteiger partial charge in [0.25, 0.3) is 0 Å². The van der Waals surface area contributed by atoms with E-state index in [0.29, 0.717) is 5.75 Å². The van der Waals surface area contributed by atoms with Crippen LogP contribution < -0.4 is 14.8 Å². The molecule has 0 aromatic heterocycles. The number of hydrogen-bond acceptors (Lipinski definition) is 5. The van der Waals surface area contributed by atoms with Crippen LogP contribution in [0.3, 0.4) is 0 Å². The lowest BCUT2D eigenvalue weighted by atomic mass is 9.84. The third-order valence-electron chi connectivity index (χ3n) is 6.90. The zero-order valence-electron chi connectivity index (χ0n) is 20.6. The van der Waals surface area contributed by atoms with Gasteiger partial charge >= 0.3 is 5.97 Å². The van der Waals surface area contributed by atoms with Gasteiger partial charge < -0.3 is 19.5 Å². The van der Waals surface area contributed by atoms with Crippen molar-refractivity contribution in [2.75, 3.05) is 20.3 Å². The van der Waals surface area contributed by atoms with Crippen LogP contribution in [0.25, 0.3) is 10.8 Å². The summed E-state index contributed by atoms with van der Waals surface area (Å²) in [6.45, 7) is 2.86. The second-order valence-electron chi connectivity index (χ2n) is 9.20. The summed E-state index contributed by atoms with van der Waals surface area (Å²) in [5, 5.41) is 6.25. The van der Waals surface area contributed by atoms with Crippen LogP contribution in [0, 0.1) is 0 Å². The van der Waals surface area contributed by atoms with Gasteiger partial charge in [0, 0.05) is 24.1 Å². The highest BCUT2D eigenvalue weighted by molar-refractivity contribution is 5.86. The normalized spacial score (nSPS) is 17.6. The SMILES string of the molecule is COC(=O)COc1ccc([C@@H]2C[C@@H](CN[C@H](C)c3cccc4ccccc34)Oc3ccccc32)cc1. The van der Waals surface area contributed by atoms with Gasteiger partial charge in [0.05, 0.1) is 7.11 Å². The maximum Gasteiger partial charge on any atom is 0.343 e. The van der Waals surface area contributed by atoms with Crippen LogP contribution in [0.4, 0.5) is 0 Å². The van der Waals surface area contributed by atoms with E-state index in [1.165, 1.54) is 34.6 Å². The minimum Gasteiger partial charge on any atom is -0.489 e. The lowest BCUT2D eigenvalue weighted by molar-refractivity contribution is -0.142. The van der Waals surface area contributed by atoms with Gasteiger partial charge in [0.15, 0.2) is 6.61 Å². The zero-order chi connectivity index (χ0) is 24.9. The lowest BCUT2D eigenvalue weighted by Crippen LogP contribution is -2.37. The lowest BCUT2D eigenvalue weighted by Gasteiger charge is -2.33. The van der Waals surface area contributed by atoms with Crippen LogP contribution in [0.15, 0.2) is 91.0 Å². The predicted octanol–water partition coefficient (Wildman–Crippen LogP) is 6.03. The number of benzene rings is 4. The Morgan fingerprint density at radius 3 is 2.56 bits per heavy atom. The molecule has 1 aliphatic heterocycles. The van der Waals surface area contributed by atoms with Gasteiger partial charge in [-0.25, -0.2) is 4.79 Å². The fraction of sp³-hybridized carbons (Fsp3) is 0.258. The smallest absolute Gasteiger partial charge is 0.343 e. The van der Waals surface area contributed by atoms with Crippen molar-refractivity contribution in [1.29, 1.82) is 0 Å². The standard InChI is InChI=1S/C31H31NO4/c1-21(26-12-7-9-22-8-3-4-10-27(22)26)32-19-25-18-29(28-11-5-6-13-30(28)36-25)23-14-16-24(17-15-23)35-20-31(33)34-2/h3-17,21,25,29,32H,18-20H2,1-2H3/t21-,25+,29+/m1/s1. The second-order valence-corrected chi connectivity index (χ2v) is 9.20. The van der Waals surface area contributed by atoms with E-state index < -0.39 is 5.97 Å². The highest BCUT2D eigenvalue weighted by Gasteiger charge is 2.29. The van der Waals surface area contributed by atoms with Crippen LogP contribution in [0.5, 0.6) is 11.5 Å². The Hall–Kier alpha value is -3.83. The van der Waals surface area contributed by atoms with Crippen LogP contribution >= 0.6 is 0 Å². The molecule has 0 bridgehead atoms. The van der Waals surface area contributed by atoms with E-state index in [2.05, 4.69) is 89.8 Å². The Balaban J connectivity index is 1.30. The molecular formula is C31H31NO4. The topological polar surface area (TPSA) is 56.8 Å². The number of fused-ring (bicyclic) bond motifs is 2. The molecule has 4 aromatic carbocycles. The number of esters is 1. The molecule has 1 N–H and O–H groups in total. The fourth-order valence-corrected chi connectivity index (χ4v) is 4.98. The number of rotatable bonds is 8. The van der Waals surface area contributed by atoms with Crippen molar-refractivity contribution < 1.29 is 19.0 Å². The van der Waals surface area contributed by atoms with Crippen LogP contribution in [0.2, 0.25) is 0 Å². The van der Waals surface area contributed by atoms with Gasteiger partial charge in [-0.15, -0.1) is 0 Å². The molecule has 36 heavy (non-hydrogen) atoms. The molecule has 5 nitrogen and oxygen atoms in total. The summed E-state index contributed by atoms with van der Waals surface area (Å²) in [4.78, 5) is 11.4. The summed E-state index contributed by atoms with van der Waals surface area (Å²) >= 11 is 0. The molecule has 0 saturated heterocycles. The Morgan fingerprint density at radius 1 is 0.972 bits per heavy atom. The zero-order valence-corrected chi connectivity index (χ0v) is 20.6. The molecular weight excluding hydrogens is 450 g/mol. The van der Waals surface area contributed by atoms with Crippen molar-refractivity contribution in [1.82, 2.24) is 5.32 Å². The molecule has 0 saturated carbocycles. The molecule has 0 radical (unpaired) electrons. The first kappa shape index (κ1) is 23.9. The van der Waals surface area contributed by atoms with Crippen molar-refractivity contribution >= 4 is 16.7 Å². The molecule has 1 aliphatic rings. The number of hydrogen-bond donors (Lipinski definition) is 1. The van der Waals surface area contributed by atoms with Crippen molar-refractivity contribution in [3.63, 3.8) is 0 Å². The molecule has 4 aromatic rings. The summed E-state index contributed by atoms with van der Waals surface area (Å²) in [5.74, 6) is 1.39. The number of ether oxygens (including phenoxy) is 3. The highest BCUT2D eigenvalue weighted by Crippen LogP contribution is 2.40. The average Bonchev–Trinajstić information content (AvgIpc) is 2.94. The number of methoxy groups -OCH3 is 1.